The van der Waals surface area contributed by atoms with Gasteiger partial charge in [0, 0.05) is 12.0 Å². The zero-order valence-corrected chi connectivity index (χ0v) is 16.3. The molecule has 1 aromatic rings. The first-order chi connectivity index (χ1) is 11.5. The minimum atomic E-state index is -3.60. The van der Waals surface area contributed by atoms with E-state index in [1.165, 1.54) is 6.08 Å². The summed E-state index contributed by atoms with van der Waals surface area (Å²) in [7, 11) is -3.60. The number of nitrogens with one attached hydrogen (secondary N) is 2. The standard InChI is InChI=1S/C18H28N2O4S/c1-14(2)16(20-17(21)24-18(3,4)5)11-12-25(22,23)19-13-15-9-7-6-8-10-15/h6-12,14,16,19H,13H2,1-5H3,(H,20,21)/b12-11+/t16-/m1/s1. The van der Waals surface area contributed by atoms with Crippen molar-refractivity contribution in [1.29, 1.82) is 0 Å². The molecule has 0 saturated carbocycles. The third-order valence-corrected chi connectivity index (χ3v) is 4.25. The van der Waals surface area contributed by atoms with Gasteiger partial charge in [0.2, 0.25) is 10.0 Å². The SMILES string of the molecule is CC(C)[C@@H](/C=C/S(=O)(=O)NCc1ccccc1)NC(=O)OC(C)(C)C. The van der Waals surface area contributed by atoms with E-state index >= 15 is 0 Å². The molecule has 0 spiro atoms. The van der Waals surface area contributed by atoms with Gasteiger partial charge in [0.25, 0.3) is 0 Å². The number of benzene rings is 1. The third kappa shape index (κ3) is 9.26. The molecule has 0 saturated heterocycles. The van der Waals surface area contributed by atoms with Crippen LogP contribution in [0.4, 0.5) is 4.79 Å². The maximum absolute atomic E-state index is 12.1. The van der Waals surface area contributed by atoms with Gasteiger partial charge in [-0.15, -0.1) is 0 Å². The maximum atomic E-state index is 12.1. The number of sulfonamides is 1. The number of amides is 1. The molecule has 1 amide bonds. The molecular formula is C18H28N2O4S. The van der Waals surface area contributed by atoms with E-state index in [0.717, 1.165) is 11.0 Å². The Morgan fingerprint density at radius 1 is 1.20 bits per heavy atom. The molecule has 25 heavy (non-hydrogen) atoms. The first-order valence-corrected chi connectivity index (χ1v) is 9.74. The molecule has 0 aliphatic carbocycles. The van der Waals surface area contributed by atoms with E-state index in [1.807, 2.05) is 44.2 Å². The molecule has 0 aliphatic rings. The molecule has 0 aromatic heterocycles. The van der Waals surface area contributed by atoms with Gasteiger partial charge < -0.3 is 10.1 Å². The second kappa shape index (κ2) is 9.01. The Bertz CT molecular complexity index is 677. The zero-order chi connectivity index (χ0) is 19.1. The fraction of sp³-hybridized carbons (Fsp3) is 0.500. The number of rotatable bonds is 7. The molecule has 1 aromatic carbocycles. The molecule has 0 radical (unpaired) electrons. The first kappa shape index (κ1) is 21.2. The molecular weight excluding hydrogens is 340 g/mol. The number of hydrogen-bond donors (Lipinski definition) is 2. The Morgan fingerprint density at radius 2 is 1.80 bits per heavy atom. The Balaban J connectivity index is 2.67. The monoisotopic (exact) mass is 368 g/mol. The average Bonchev–Trinajstić information content (AvgIpc) is 2.48. The molecule has 140 valence electrons. The lowest BCUT2D eigenvalue weighted by Gasteiger charge is -2.24. The largest absolute Gasteiger partial charge is 0.444 e. The van der Waals surface area contributed by atoms with Gasteiger partial charge in [-0.3, -0.25) is 0 Å². The van der Waals surface area contributed by atoms with Gasteiger partial charge in [-0.1, -0.05) is 44.2 Å². The van der Waals surface area contributed by atoms with Crippen LogP contribution in [0.5, 0.6) is 0 Å². The van der Waals surface area contributed by atoms with Gasteiger partial charge in [0.15, 0.2) is 0 Å². The molecule has 0 heterocycles. The lowest BCUT2D eigenvalue weighted by molar-refractivity contribution is 0.0504. The van der Waals surface area contributed by atoms with Crippen LogP contribution in [0.15, 0.2) is 41.8 Å². The molecule has 1 rings (SSSR count). The van der Waals surface area contributed by atoms with Gasteiger partial charge in [0.1, 0.15) is 5.60 Å². The average molecular weight is 368 g/mol. The van der Waals surface area contributed by atoms with Gasteiger partial charge in [-0.05, 0) is 38.3 Å². The van der Waals surface area contributed by atoms with E-state index in [9.17, 15) is 13.2 Å². The van der Waals surface area contributed by atoms with Crippen molar-refractivity contribution in [2.45, 2.75) is 52.8 Å². The van der Waals surface area contributed by atoms with Crippen LogP contribution in [0.3, 0.4) is 0 Å². The van der Waals surface area contributed by atoms with E-state index in [4.69, 9.17) is 4.74 Å². The van der Waals surface area contributed by atoms with E-state index < -0.39 is 27.8 Å². The number of alkyl carbamates (subject to hydrolysis) is 1. The van der Waals surface area contributed by atoms with Crippen LogP contribution < -0.4 is 10.0 Å². The molecule has 0 fully saturated rings. The van der Waals surface area contributed by atoms with E-state index in [2.05, 4.69) is 10.0 Å². The molecule has 2 N–H and O–H groups in total. The Morgan fingerprint density at radius 3 is 2.32 bits per heavy atom. The van der Waals surface area contributed by atoms with Crippen LogP contribution in [0.1, 0.15) is 40.2 Å². The van der Waals surface area contributed by atoms with Crippen LogP contribution in [0.25, 0.3) is 0 Å². The van der Waals surface area contributed by atoms with Crippen LogP contribution in [0.2, 0.25) is 0 Å². The minimum absolute atomic E-state index is 0.00749. The van der Waals surface area contributed by atoms with Gasteiger partial charge in [-0.2, -0.15) is 0 Å². The smallest absolute Gasteiger partial charge is 0.408 e. The van der Waals surface area contributed by atoms with Crippen molar-refractivity contribution >= 4 is 16.1 Å². The number of ether oxygens (including phenoxy) is 1. The van der Waals surface area contributed by atoms with Crippen molar-refractivity contribution in [2.75, 3.05) is 0 Å². The first-order valence-electron chi connectivity index (χ1n) is 8.20. The Kier molecular flexibility index (Phi) is 7.63. The lowest BCUT2D eigenvalue weighted by Crippen LogP contribution is -2.40. The van der Waals surface area contributed by atoms with Gasteiger partial charge >= 0.3 is 6.09 Å². The maximum Gasteiger partial charge on any atom is 0.408 e. The normalized spacial score (nSPS) is 13.8. The number of hydrogen-bond acceptors (Lipinski definition) is 4. The summed E-state index contributed by atoms with van der Waals surface area (Å²) in [6, 6.07) is 8.79. The Hall–Kier alpha value is -1.86. The van der Waals surface area contributed by atoms with Crippen molar-refractivity contribution in [2.24, 2.45) is 5.92 Å². The Labute approximate surface area is 150 Å². The fourth-order valence-electron chi connectivity index (χ4n) is 1.90. The van der Waals surface area contributed by atoms with Crippen molar-refractivity contribution in [3.63, 3.8) is 0 Å². The van der Waals surface area contributed by atoms with Crippen molar-refractivity contribution in [3.8, 4) is 0 Å². The van der Waals surface area contributed by atoms with E-state index in [-0.39, 0.29) is 12.5 Å². The predicted molar refractivity (Wildman–Crippen MR) is 99.3 cm³/mol. The molecule has 0 bridgehead atoms. The number of carbonyl (C=O) groups excluding carboxylic acids is 1. The highest BCUT2D eigenvalue weighted by Gasteiger charge is 2.20. The molecule has 1 atom stereocenters. The summed E-state index contributed by atoms with van der Waals surface area (Å²) >= 11 is 0. The second-order valence-electron chi connectivity index (χ2n) is 7.10. The third-order valence-electron chi connectivity index (χ3n) is 3.19. The summed E-state index contributed by atoms with van der Waals surface area (Å²) < 4.78 is 31.9. The van der Waals surface area contributed by atoms with Crippen LogP contribution in [0, 0.1) is 5.92 Å². The van der Waals surface area contributed by atoms with Crippen molar-refractivity contribution in [1.82, 2.24) is 10.0 Å². The highest BCUT2D eigenvalue weighted by atomic mass is 32.2. The summed E-state index contributed by atoms with van der Waals surface area (Å²) in [6.45, 7) is 9.28. The van der Waals surface area contributed by atoms with Crippen molar-refractivity contribution in [3.05, 3.63) is 47.4 Å². The lowest BCUT2D eigenvalue weighted by atomic mass is 10.1. The minimum Gasteiger partial charge on any atom is -0.444 e. The fourth-order valence-corrected chi connectivity index (χ4v) is 2.74. The molecule has 6 nitrogen and oxygen atoms in total. The highest BCUT2D eigenvalue weighted by molar-refractivity contribution is 7.92. The summed E-state index contributed by atoms with van der Waals surface area (Å²) in [5.74, 6) is 0.00749. The topological polar surface area (TPSA) is 84.5 Å². The van der Waals surface area contributed by atoms with Crippen LogP contribution in [-0.2, 0) is 21.3 Å². The summed E-state index contributed by atoms with van der Waals surface area (Å²) in [4.78, 5) is 11.9. The van der Waals surface area contributed by atoms with Gasteiger partial charge in [-0.25, -0.2) is 17.9 Å². The van der Waals surface area contributed by atoms with Gasteiger partial charge in [0.05, 0.1) is 6.04 Å². The van der Waals surface area contributed by atoms with Crippen LogP contribution in [-0.4, -0.2) is 26.2 Å². The zero-order valence-electron chi connectivity index (χ0n) is 15.4. The predicted octanol–water partition coefficient (Wildman–Crippen LogP) is 3.17. The van der Waals surface area contributed by atoms with Crippen LogP contribution >= 0.6 is 0 Å². The van der Waals surface area contributed by atoms with Crippen molar-refractivity contribution < 1.29 is 17.9 Å². The second-order valence-corrected chi connectivity index (χ2v) is 8.75. The highest BCUT2D eigenvalue weighted by Crippen LogP contribution is 2.10. The molecule has 0 aliphatic heterocycles. The molecule has 0 unspecified atom stereocenters. The van der Waals surface area contributed by atoms with E-state index in [0.29, 0.717) is 0 Å². The summed E-state index contributed by atoms with van der Waals surface area (Å²) in [6.07, 6.45) is 0.882. The van der Waals surface area contributed by atoms with E-state index in [1.54, 1.807) is 20.8 Å². The quantitative estimate of drug-likeness (QED) is 0.774. The number of carbonyl (C=O) groups is 1. The molecule has 7 heteroatoms. The summed E-state index contributed by atoms with van der Waals surface area (Å²) in [5.41, 5.74) is 0.255. The summed E-state index contributed by atoms with van der Waals surface area (Å²) in [5, 5.41) is 3.76.